The maximum absolute atomic E-state index is 14.6. The van der Waals surface area contributed by atoms with E-state index in [1.807, 2.05) is 19.9 Å². The number of hydrogen-bond donors (Lipinski definition) is 1. The molecule has 0 aliphatic carbocycles. The average Bonchev–Trinajstić information content (AvgIpc) is 2.64. The summed E-state index contributed by atoms with van der Waals surface area (Å²) < 4.78 is 43.4. The molecule has 3 nitrogen and oxygen atoms in total. The van der Waals surface area contributed by atoms with Crippen LogP contribution in [0, 0.1) is 34.7 Å². The summed E-state index contributed by atoms with van der Waals surface area (Å²) in [5.41, 5.74) is 0.269. The molecule has 2 rings (SSSR count). The molecule has 29 heavy (non-hydrogen) atoms. The van der Waals surface area contributed by atoms with Crippen molar-refractivity contribution in [1.29, 1.82) is 5.26 Å². The number of carbonyl (C=O) groups is 1. The third-order valence-corrected chi connectivity index (χ3v) is 6.14. The van der Waals surface area contributed by atoms with E-state index in [9.17, 15) is 18.0 Å². The topological polar surface area (TPSA) is 52.9 Å². The van der Waals surface area contributed by atoms with Crippen LogP contribution < -0.4 is 5.32 Å². The number of halogens is 4. The van der Waals surface area contributed by atoms with E-state index in [2.05, 4.69) is 21.2 Å². The van der Waals surface area contributed by atoms with Crippen LogP contribution in [0.3, 0.4) is 0 Å². The Hall–Kier alpha value is -1.98. The number of nitrogens with zero attached hydrogens (tertiary/aromatic N) is 1. The monoisotopic (exact) mass is 484 g/mol. The van der Waals surface area contributed by atoms with Gasteiger partial charge in [-0.2, -0.15) is 5.26 Å². The van der Waals surface area contributed by atoms with Crippen molar-refractivity contribution in [3.8, 4) is 6.07 Å². The largest absolute Gasteiger partial charge is 0.342 e. The van der Waals surface area contributed by atoms with Crippen molar-refractivity contribution in [2.45, 2.75) is 30.8 Å². The zero-order chi connectivity index (χ0) is 21.6. The molecule has 0 radical (unpaired) electrons. The van der Waals surface area contributed by atoms with E-state index in [0.29, 0.717) is 24.1 Å². The first-order valence-electron chi connectivity index (χ1n) is 8.93. The quantitative estimate of drug-likeness (QED) is 0.485. The normalized spacial score (nSPS) is 13.0. The minimum atomic E-state index is -1.01. The third kappa shape index (κ3) is 6.51. The number of carbonyl (C=O) groups excluding carboxylic acids is 1. The van der Waals surface area contributed by atoms with Crippen LogP contribution in [0.5, 0.6) is 0 Å². The maximum atomic E-state index is 14.6. The van der Waals surface area contributed by atoms with Crippen molar-refractivity contribution in [2.24, 2.45) is 5.92 Å². The fourth-order valence-corrected chi connectivity index (χ4v) is 4.78. The van der Waals surface area contributed by atoms with Gasteiger partial charge in [-0.1, -0.05) is 41.9 Å². The summed E-state index contributed by atoms with van der Waals surface area (Å²) in [7, 11) is 0. The van der Waals surface area contributed by atoms with Crippen LogP contribution in [0.4, 0.5) is 13.2 Å². The Morgan fingerprint density at radius 2 is 1.76 bits per heavy atom. The number of thioether (sulfide) groups is 1. The van der Waals surface area contributed by atoms with Crippen molar-refractivity contribution in [1.82, 2.24) is 5.32 Å². The van der Waals surface area contributed by atoms with Gasteiger partial charge in [0.15, 0.2) is 0 Å². The van der Waals surface area contributed by atoms with Gasteiger partial charge in [0.05, 0.1) is 16.6 Å². The van der Waals surface area contributed by atoms with Crippen molar-refractivity contribution in [2.75, 3.05) is 6.54 Å². The van der Waals surface area contributed by atoms with E-state index in [4.69, 9.17) is 5.26 Å². The fraction of sp³-hybridized carbons (Fsp3) is 0.333. The van der Waals surface area contributed by atoms with E-state index in [-0.39, 0.29) is 23.9 Å². The van der Waals surface area contributed by atoms with Gasteiger partial charge in [0.2, 0.25) is 5.91 Å². The maximum Gasteiger partial charge on any atom is 0.233 e. The van der Waals surface area contributed by atoms with Crippen LogP contribution in [0.2, 0.25) is 0 Å². The van der Waals surface area contributed by atoms with Crippen molar-refractivity contribution in [3.05, 3.63) is 69.4 Å². The molecule has 1 amide bonds. The van der Waals surface area contributed by atoms with Gasteiger partial charge in [-0.15, -0.1) is 11.8 Å². The highest BCUT2D eigenvalue weighted by Crippen LogP contribution is 2.42. The Bertz CT molecular complexity index is 877. The van der Waals surface area contributed by atoms with E-state index in [1.165, 1.54) is 0 Å². The smallest absolute Gasteiger partial charge is 0.233 e. The molecule has 0 spiro atoms. The molecule has 0 aliphatic heterocycles. The van der Waals surface area contributed by atoms with Crippen LogP contribution >= 0.6 is 27.7 Å². The lowest BCUT2D eigenvalue weighted by Gasteiger charge is -2.25. The number of amides is 1. The first-order chi connectivity index (χ1) is 13.7. The lowest BCUT2D eigenvalue weighted by Crippen LogP contribution is -2.34. The van der Waals surface area contributed by atoms with Crippen molar-refractivity contribution < 1.29 is 18.0 Å². The second-order valence-electron chi connectivity index (χ2n) is 6.84. The van der Waals surface area contributed by atoms with Crippen molar-refractivity contribution >= 4 is 33.6 Å². The summed E-state index contributed by atoms with van der Waals surface area (Å²) in [6, 6.07) is 9.98. The van der Waals surface area contributed by atoms with Gasteiger partial charge in [-0.25, -0.2) is 13.2 Å². The van der Waals surface area contributed by atoms with E-state index < -0.39 is 28.0 Å². The first kappa shape index (κ1) is 23.3. The minimum Gasteiger partial charge on any atom is -0.342 e. The second-order valence-corrected chi connectivity index (χ2v) is 9.07. The highest BCUT2D eigenvalue weighted by molar-refractivity contribution is 9.10. The molecule has 1 N–H and O–H groups in total. The fourth-order valence-electron chi connectivity index (χ4n) is 2.81. The predicted molar refractivity (Wildman–Crippen MR) is 112 cm³/mol. The van der Waals surface area contributed by atoms with E-state index >= 15 is 0 Å². The Kier molecular flexibility index (Phi) is 8.60. The molecule has 0 bridgehead atoms. The van der Waals surface area contributed by atoms with Gasteiger partial charge in [0.25, 0.3) is 0 Å². The Balaban J connectivity index is 2.50. The second kappa shape index (κ2) is 10.7. The molecule has 2 aromatic rings. The zero-order valence-corrected chi connectivity index (χ0v) is 18.3. The molecule has 0 fully saturated rings. The van der Waals surface area contributed by atoms with Crippen LogP contribution in [0.1, 0.15) is 36.6 Å². The van der Waals surface area contributed by atoms with Crippen molar-refractivity contribution in [3.63, 3.8) is 0 Å². The van der Waals surface area contributed by atoms with E-state index in [1.54, 1.807) is 24.3 Å². The van der Waals surface area contributed by atoms with Crippen LogP contribution in [0.25, 0.3) is 0 Å². The summed E-state index contributed by atoms with van der Waals surface area (Å²) >= 11 is 4.41. The third-order valence-electron chi connectivity index (χ3n) is 4.10. The SMILES string of the molecule is CC(C)CC(SC(c1ccc(Br)cc1)c1c(F)cc(F)cc1F)C(=O)NCC#N. The number of rotatable bonds is 8. The molecule has 2 unspecified atom stereocenters. The Morgan fingerprint density at radius 3 is 2.28 bits per heavy atom. The van der Waals surface area contributed by atoms with Gasteiger partial charge < -0.3 is 5.32 Å². The van der Waals surface area contributed by atoms with Crippen LogP contribution in [-0.2, 0) is 4.79 Å². The molecule has 0 heterocycles. The molecule has 8 heteroatoms. The molecule has 0 saturated carbocycles. The summed E-state index contributed by atoms with van der Waals surface area (Å²) in [6.07, 6.45) is 0.444. The minimum absolute atomic E-state index is 0.133. The van der Waals surface area contributed by atoms with E-state index in [0.717, 1.165) is 16.2 Å². The number of nitriles is 1. The summed E-state index contributed by atoms with van der Waals surface area (Å²) in [5.74, 6) is -3.27. The lowest BCUT2D eigenvalue weighted by atomic mass is 10.0. The summed E-state index contributed by atoms with van der Waals surface area (Å²) in [4.78, 5) is 12.6. The number of benzene rings is 2. The molecular formula is C21H20BrF3N2OS. The summed E-state index contributed by atoms with van der Waals surface area (Å²) in [6.45, 7) is 3.70. The lowest BCUT2D eigenvalue weighted by molar-refractivity contribution is -0.120. The average molecular weight is 485 g/mol. The Labute approximate surface area is 180 Å². The predicted octanol–water partition coefficient (Wildman–Crippen LogP) is 5.74. The number of nitrogens with one attached hydrogen (secondary N) is 1. The number of hydrogen-bond acceptors (Lipinski definition) is 3. The molecule has 0 aromatic heterocycles. The molecule has 2 aromatic carbocycles. The molecular weight excluding hydrogens is 465 g/mol. The highest BCUT2D eigenvalue weighted by Gasteiger charge is 2.30. The van der Waals surface area contributed by atoms with Crippen LogP contribution in [0.15, 0.2) is 40.9 Å². The van der Waals surface area contributed by atoms with Gasteiger partial charge in [-0.3, -0.25) is 4.79 Å². The van der Waals surface area contributed by atoms with Gasteiger partial charge in [-0.05, 0) is 30.0 Å². The highest BCUT2D eigenvalue weighted by atomic mass is 79.9. The summed E-state index contributed by atoms with van der Waals surface area (Å²) in [5, 5.41) is 9.72. The molecule has 2 atom stereocenters. The molecule has 0 aliphatic rings. The standard InChI is InChI=1S/C21H20BrF3N2OS/c1-12(2)9-18(21(28)27-8-7-26)29-20(13-3-5-14(22)6-4-13)19-16(24)10-15(23)11-17(19)25/h3-6,10-12,18,20H,8-9H2,1-2H3,(H,27,28). The van der Waals surface area contributed by atoms with Gasteiger partial charge in [0, 0.05) is 22.2 Å². The molecule has 0 saturated heterocycles. The zero-order valence-electron chi connectivity index (χ0n) is 15.9. The first-order valence-corrected chi connectivity index (χ1v) is 10.7. The van der Waals surface area contributed by atoms with Crippen LogP contribution in [-0.4, -0.2) is 17.7 Å². The van der Waals surface area contributed by atoms with Gasteiger partial charge in [0.1, 0.15) is 24.0 Å². The molecule has 154 valence electrons. The van der Waals surface area contributed by atoms with Gasteiger partial charge >= 0.3 is 0 Å². The Morgan fingerprint density at radius 1 is 1.17 bits per heavy atom.